The van der Waals surface area contributed by atoms with Crippen molar-refractivity contribution in [3.05, 3.63) is 53.9 Å². The third kappa shape index (κ3) is 3.63. The number of methoxy groups -OCH3 is 1. The first-order valence-electron chi connectivity index (χ1n) is 8.19. The molecular weight excluding hydrogens is 318 g/mol. The average molecular weight is 339 g/mol. The van der Waals surface area contributed by atoms with Crippen molar-refractivity contribution in [3.63, 3.8) is 0 Å². The molecule has 1 heterocycles. The average Bonchev–Trinajstić information content (AvgIpc) is 3.43. The lowest BCUT2D eigenvalue weighted by atomic mass is 10.0. The van der Waals surface area contributed by atoms with Gasteiger partial charge in [-0.25, -0.2) is 0 Å². The number of hydrogen-bond donors (Lipinski definition) is 2. The van der Waals surface area contributed by atoms with Gasteiger partial charge < -0.3 is 15.4 Å². The van der Waals surface area contributed by atoms with Gasteiger partial charge in [-0.05, 0) is 49.6 Å². The molecule has 25 heavy (non-hydrogen) atoms. The quantitative estimate of drug-likeness (QED) is 0.792. The highest BCUT2D eigenvalue weighted by atomic mass is 16.5. The van der Waals surface area contributed by atoms with Gasteiger partial charge in [0.2, 0.25) is 11.8 Å². The fourth-order valence-electron chi connectivity index (χ4n) is 2.69. The van der Waals surface area contributed by atoms with Gasteiger partial charge in [0, 0.05) is 6.20 Å². The van der Waals surface area contributed by atoms with Crippen LogP contribution in [0.1, 0.15) is 24.1 Å². The van der Waals surface area contributed by atoms with Gasteiger partial charge in [-0.15, -0.1) is 0 Å². The molecule has 2 aromatic rings. The van der Waals surface area contributed by atoms with E-state index >= 15 is 0 Å². The molecule has 2 N–H and O–H groups in total. The summed E-state index contributed by atoms with van der Waals surface area (Å²) in [6, 6.07) is 11.0. The predicted octanol–water partition coefficient (Wildman–Crippen LogP) is 2.43. The van der Waals surface area contributed by atoms with Crippen molar-refractivity contribution >= 4 is 17.5 Å². The SMILES string of the molecule is COc1ccc(C)cc1NC(=O)C1(C(=O)NCc2ccccn2)CC1. The van der Waals surface area contributed by atoms with E-state index in [1.54, 1.807) is 19.4 Å². The Morgan fingerprint density at radius 1 is 1.20 bits per heavy atom. The Kier molecular flexibility index (Phi) is 4.70. The van der Waals surface area contributed by atoms with Crippen LogP contribution in [0.5, 0.6) is 5.75 Å². The number of nitrogens with zero attached hydrogens (tertiary/aromatic N) is 1. The second-order valence-corrected chi connectivity index (χ2v) is 6.24. The van der Waals surface area contributed by atoms with Crippen LogP contribution in [0.3, 0.4) is 0 Å². The number of anilines is 1. The smallest absolute Gasteiger partial charge is 0.240 e. The van der Waals surface area contributed by atoms with Gasteiger partial charge in [-0.2, -0.15) is 0 Å². The molecule has 6 heteroatoms. The topological polar surface area (TPSA) is 80.3 Å². The van der Waals surface area contributed by atoms with Crippen molar-refractivity contribution in [2.24, 2.45) is 5.41 Å². The van der Waals surface area contributed by atoms with Crippen LogP contribution in [0.4, 0.5) is 5.69 Å². The molecule has 130 valence electrons. The van der Waals surface area contributed by atoms with Gasteiger partial charge in [0.1, 0.15) is 11.2 Å². The summed E-state index contributed by atoms with van der Waals surface area (Å²) in [4.78, 5) is 29.4. The van der Waals surface area contributed by atoms with E-state index in [2.05, 4.69) is 15.6 Å². The zero-order chi connectivity index (χ0) is 17.9. The lowest BCUT2D eigenvalue weighted by molar-refractivity contribution is -0.134. The summed E-state index contributed by atoms with van der Waals surface area (Å²) in [5, 5.41) is 5.66. The number of amides is 2. The molecule has 1 aliphatic rings. The monoisotopic (exact) mass is 339 g/mol. The summed E-state index contributed by atoms with van der Waals surface area (Å²) >= 11 is 0. The van der Waals surface area contributed by atoms with E-state index in [1.165, 1.54) is 0 Å². The Morgan fingerprint density at radius 3 is 2.64 bits per heavy atom. The number of aryl methyl sites for hydroxylation is 1. The maximum absolute atomic E-state index is 12.7. The van der Waals surface area contributed by atoms with Crippen molar-refractivity contribution in [1.29, 1.82) is 0 Å². The van der Waals surface area contributed by atoms with E-state index < -0.39 is 5.41 Å². The molecule has 0 radical (unpaired) electrons. The first kappa shape index (κ1) is 17.0. The molecule has 0 atom stereocenters. The molecule has 6 nitrogen and oxygen atoms in total. The van der Waals surface area contributed by atoms with Gasteiger partial charge in [0.25, 0.3) is 0 Å². The zero-order valence-electron chi connectivity index (χ0n) is 14.3. The minimum absolute atomic E-state index is 0.262. The number of carbonyl (C=O) groups is 2. The predicted molar refractivity (Wildman–Crippen MR) is 94.1 cm³/mol. The normalized spacial score (nSPS) is 14.5. The van der Waals surface area contributed by atoms with Crippen LogP contribution in [-0.4, -0.2) is 23.9 Å². The fourth-order valence-corrected chi connectivity index (χ4v) is 2.69. The maximum atomic E-state index is 12.7. The molecule has 1 fully saturated rings. The summed E-state index contributed by atoms with van der Waals surface area (Å²) in [7, 11) is 1.55. The van der Waals surface area contributed by atoms with Crippen LogP contribution in [-0.2, 0) is 16.1 Å². The number of ether oxygens (including phenoxy) is 1. The first-order chi connectivity index (χ1) is 12.0. The second kappa shape index (κ2) is 6.93. The number of aromatic nitrogens is 1. The van der Waals surface area contributed by atoms with Crippen LogP contribution in [0, 0.1) is 12.3 Å². The van der Waals surface area contributed by atoms with E-state index in [0.717, 1.165) is 11.3 Å². The molecule has 1 aromatic carbocycles. The molecule has 1 aromatic heterocycles. The van der Waals surface area contributed by atoms with Crippen LogP contribution in [0.2, 0.25) is 0 Å². The standard InChI is InChI=1S/C19H21N3O3/c1-13-6-7-16(25-2)15(11-13)22-18(24)19(8-9-19)17(23)21-12-14-5-3-4-10-20-14/h3-7,10-11H,8-9,12H2,1-2H3,(H,21,23)(H,22,24). The number of rotatable bonds is 6. The van der Waals surface area contributed by atoms with Crippen molar-refractivity contribution < 1.29 is 14.3 Å². The lowest BCUT2D eigenvalue weighted by Gasteiger charge is -2.17. The fraction of sp³-hybridized carbons (Fsp3) is 0.316. The Hall–Kier alpha value is -2.89. The minimum Gasteiger partial charge on any atom is -0.495 e. The molecule has 0 bridgehead atoms. The summed E-state index contributed by atoms with van der Waals surface area (Å²) in [6.45, 7) is 2.24. The maximum Gasteiger partial charge on any atom is 0.240 e. The number of carbonyl (C=O) groups excluding carboxylic acids is 2. The third-order valence-corrected chi connectivity index (χ3v) is 4.38. The van der Waals surface area contributed by atoms with E-state index in [-0.39, 0.29) is 11.8 Å². The molecule has 0 saturated heterocycles. The molecule has 2 amide bonds. The van der Waals surface area contributed by atoms with Crippen molar-refractivity contribution in [2.75, 3.05) is 12.4 Å². The molecule has 0 unspecified atom stereocenters. The molecule has 0 aliphatic heterocycles. The third-order valence-electron chi connectivity index (χ3n) is 4.38. The first-order valence-corrected chi connectivity index (χ1v) is 8.19. The number of pyridine rings is 1. The van der Waals surface area contributed by atoms with Gasteiger partial charge in [-0.1, -0.05) is 12.1 Å². The highest BCUT2D eigenvalue weighted by Crippen LogP contribution is 2.47. The Morgan fingerprint density at radius 2 is 2.00 bits per heavy atom. The Balaban J connectivity index is 1.67. The highest BCUT2D eigenvalue weighted by Gasteiger charge is 2.56. The van der Waals surface area contributed by atoms with Crippen molar-refractivity contribution in [1.82, 2.24) is 10.3 Å². The van der Waals surface area contributed by atoms with E-state index in [4.69, 9.17) is 4.74 Å². The lowest BCUT2D eigenvalue weighted by Crippen LogP contribution is -2.39. The van der Waals surface area contributed by atoms with E-state index in [0.29, 0.717) is 30.8 Å². The van der Waals surface area contributed by atoms with Crippen LogP contribution in [0.25, 0.3) is 0 Å². The summed E-state index contributed by atoms with van der Waals surface area (Å²) in [5.41, 5.74) is 1.34. The largest absolute Gasteiger partial charge is 0.495 e. The van der Waals surface area contributed by atoms with E-state index in [9.17, 15) is 9.59 Å². The van der Waals surface area contributed by atoms with Crippen LogP contribution >= 0.6 is 0 Å². The zero-order valence-corrected chi connectivity index (χ0v) is 14.3. The van der Waals surface area contributed by atoms with Crippen molar-refractivity contribution in [2.45, 2.75) is 26.3 Å². The molecule has 1 saturated carbocycles. The molecular formula is C19H21N3O3. The number of hydrogen-bond acceptors (Lipinski definition) is 4. The second-order valence-electron chi connectivity index (χ2n) is 6.24. The van der Waals surface area contributed by atoms with E-state index in [1.807, 2.05) is 37.3 Å². The Bertz CT molecular complexity index is 786. The number of nitrogens with one attached hydrogen (secondary N) is 2. The summed E-state index contributed by atoms with van der Waals surface area (Å²) in [5.74, 6) is 0.0147. The molecule has 1 aliphatic carbocycles. The minimum atomic E-state index is -0.996. The molecule has 0 spiro atoms. The number of benzene rings is 1. The van der Waals surface area contributed by atoms with Gasteiger partial charge >= 0.3 is 0 Å². The highest BCUT2D eigenvalue weighted by molar-refractivity contribution is 6.13. The summed E-state index contributed by atoms with van der Waals surface area (Å²) in [6.07, 6.45) is 2.76. The van der Waals surface area contributed by atoms with Crippen LogP contribution in [0.15, 0.2) is 42.6 Å². The van der Waals surface area contributed by atoms with Gasteiger partial charge in [-0.3, -0.25) is 14.6 Å². The summed E-state index contributed by atoms with van der Waals surface area (Å²) < 4.78 is 5.28. The van der Waals surface area contributed by atoms with Crippen LogP contribution < -0.4 is 15.4 Å². The van der Waals surface area contributed by atoms with Gasteiger partial charge in [0.15, 0.2) is 0 Å². The Labute approximate surface area is 146 Å². The molecule has 3 rings (SSSR count). The van der Waals surface area contributed by atoms with Crippen molar-refractivity contribution in [3.8, 4) is 5.75 Å². The van der Waals surface area contributed by atoms with Gasteiger partial charge in [0.05, 0.1) is 25.0 Å².